The molecule has 6 heteroatoms. The summed E-state index contributed by atoms with van der Waals surface area (Å²) in [5.74, 6) is -3.18. The van der Waals surface area contributed by atoms with E-state index >= 15 is 0 Å². The zero-order valence-corrected chi connectivity index (χ0v) is 11.4. The smallest absolute Gasteiger partial charge is 0.333 e. The third-order valence-electron chi connectivity index (χ3n) is 3.47. The lowest BCUT2D eigenvalue weighted by Gasteiger charge is -2.35. The first-order valence-corrected chi connectivity index (χ1v) is 6.74. The van der Waals surface area contributed by atoms with Crippen molar-refractivity contribution in [3.8, 4) is 11.5 Å². The predicted molar refractivity (Wildman–Crippen MR) is 74.3 cm³/mol. The number of aliphatic hydroxyl groups is 2. The fourth-order valence-corrected chi connectivity index (χ4v) is 2.24. The fourth-order valence-electron chi connectivity index (χ4n) is 2.24. The quantitative estimate of drug-likeness (QED) is 0.289. The van der Waals surface area contributed by atoms with Crippen molar-refractivity contribution in [2.75, 3.05) is 0 Å². The zero-order chi connectivity index (χ0) is 15.5. The minimum Gasteiger partial charge on any atom is -0.504 e. The average molecular weight is 294 g/mol. The van der Waals surface area contributed by atoms with Gasteiger partial charge in [-0.05, 0) is 36.6 Å². The van der Waals surface area contributed by atoms with E-state index < -0.39 is 17.9 Å². The normalized spacial score (nSPS) is 25.9. The Balaban J connectivity index is 2.00. The Labute approximate surface area is 121 Å². The van der Waals surface area contributed by atoms with Crippen LogP contribution in [-0.2, 0) is 9.53 Å². The molecule has 2 atom stereocenters. The highest BCUT2D eigenvalue weighted by atomic mass is 16.7. The second-order valence-electron chi connectivity index (χ2n) is 5.11. The number of esters is 1. The van der Waals surface area contributed by atoms with Gasteiger partial charge in [0.2, 0.25) is 5.79 Å². The van der Waals surface area contributed by atoms with Crippen LogP contribution in [0, 0.1) is 0 Å². The van der Waals surface area contributed by atoms with Crippen molar-refractivity contribution in [1.82, 2.24) is 0 Å². The number of rotatable bonds is 3. The molecule has 21 heavy (non-hydrogen) atoms. The molecule has 0 aliphatic heterocycles. The number of phenolic OH excluding ortho intramolecular Hbond substituents is 2. The maximum Gasteiger partial charge on any atom is 0.333 e. The first-order valence-electron chi connectivity index (χ1n) is 6.74. The van der Waals surface area contributed by atoms with E-state index in [9.17, 15) is 25.2 Å². The van der Waals surface area contributed by atoms with Gasteiger partial charge < -0.3 is 25.2 Å². The molecular formula is C15H18O6. The number of hydrogen-bond acceptors (Lipinski definition) is 6. The summed E-state index contributed by atoms with van der Waals surface area (Å²) in [6, 6.07) is 4.07. The molecule has 2 rings (SSSR count). The fraction of sp³-hybridized carbons (Fsp3) is 0.400. The van der Waals surface area contributed by atoms with Gasteiger partial charge in [-0.25, -0.2) is 4.79 Å². The highest BCUT2D eigenvalue weighted by Crippen LogP contribution is 2.30. The molecule has 1 aromatic rings. The molecule has 6 nitrogen and oxygen atoms in total. The molecule has 0 spiro atoms. The minimum absolute atomic E-state index is 0.202. The molecule has 0 unspecified atom stereocenters. The van der Waals surface area contributed by atoms with Crippen LogP contribution < -0.4 is 0 Å². The van der Waals surface area contributed by atoms with E-state index in [4.69, 9.17) is 4.74 Å². The van der Waals surface area contributed by atoms with Crippen molar-refractivity contribution in [3.05, 3.63) is 29.8 Å². The molecule has 0 radical (unpaired) electrons. The lowest BCUT2D eigenvalue weighted by atomic mass is 9.91. The Kier molecular flexibility index (Phi) is 4.50. The van der Waals surface area contributed by atoms with Crippen molar-refractivity contribution in [1.29, 1.82) is 0 Å². The topological polar surface area (TPSA) is 107 Å². The van der Waals surface area contributed by atoms with E-state index in [1.54, 1.807) is 0 Å². The van der Waals surface area contributed by atoms with Gasteiger partial charge >= 0.3 is 5.97 Å². The first kappa shape index (κ1) is 15.3. The van der Waals surface area contributed by atoms with Crippen LogP contribution in [0.5, 0.6) is 11.5 Å². The minimum atomic E-state index is -1.84. The van der Waals surface area contributed by atoms with E-state index in [1.165, 1.54) is 24.3 Å². The van der Waals surface area contributed by atoms with Crippen LogP contribution in [0.2, 0.25) is 0 Å². The molecule has 1 saturated carbocycles. The molecule has 0 bridgehead atoms. The van der Waals surface area contributed by atoms with Crippen molar-refractivity contribution in [3.63, 3.8) is 0 Å². The van der Waals surface area contributed by atoms with Crippen LogP contribution >= 0.6 is 0 Å². The molecule has 0 amide bonds. The Bertz CT molecular complexity index is 553. The number of carbonyl (C=O) groups excluding carboxylic acids is 1. The lowest BCUT2D eigenvalue weighted by Crippen LogP contribution is -2.48. The summed E-state index contributed by atoms with van der Waals surface area (Å²) >= 11 is 0. The number of aliphatic hydroxyl groups excluding tert-OH is 1. The molecule has 4 N–H and O–H groups in total. The highest BCUT2D eigenvalue weighted by molar-refractivity contribution is 5.87. The van der Waals surface area contributed by atoms with Gasteiger partial charge in [-0.3, -0.25) is 0 Å². The molecule has 0 heterocycles. The van der Waals surface area contributed by atoms with Gasteiger partial charge in [0.25, 0.3) is 0 Å². The molecule has 1 aromatic carbocycles. The summed E-state index contributed by atoms with van der Waals surface area (Å²) in [6.07, 6.45) is 3.43. The van der Waals surface area contributed by atoms with Crippen LogP contribution in [0.25, 0.3) is 6.08 Å². The summed E-state index contributed by atoms with van der Waals surface area (Å²) in [7, 11) is 0. The van der Waals surface area contributed by atoms with Gasteiger partial charge in [0.05, 0.1) is 0 Å². The largest absolute Gasteiger partial charge is 0.504 e. The second kappa shape index (κ2) is 6.15. The van der Waals surface area contributed by atoms with Gasteiger partial charge in [0.15, 0.2) is 11.5 Å². The number of hydrogen-bond donors (Lipinski definition) is 4. The van der Waals surface area contributed by atoms with Crippen LogP contribution in [-0.4, -0.2) is 38.3 Å². The predicted octanol–water partition coefficient (Wildman–Crippen LogP) is 1.28. The van der Waals surface area contributed by atoms with Crippen LogP contribution in [0.15, 0.2) is 24.3 Å². The number of aromatic hydroxyl groups is 2. The van der Waals surface area contributed by atoms with Crippen LogP contribution in [0.3, 0.4) is 0 Å². The molecule has 0 aromatic heterocycles. The summed E-state index contributed by atoms with van der Waals surface area (Å²) in [6.45, 7) is 0. The van der Waals surface area contributed by atoms with Crippen LogP contribution in [0.4, 0.5) is 0 Å². The van der Waals surface area contributed by atoms with E-state index in [1.807, 2.05) is 0 Å². The standard InChI is InChI=1S/C15H18O6/c16-11-6-4-10(9-12(11)17)5-7-14(19)21-15(20)8-2-1-3-13(15)18/h4-7,9,13,16-18,20H,1-3,8H2/t13-,15+/m0/s1. The van der Waals surface area contributed by atoms with Crippen molar-refractivity contribution < 1.29 is 30.0 Å². The van der Waals surface area contributed by atoms with E-state index in [0.717, 1.165) is 12.5 Å². The molecule has 1 aliphatic carbocycles. The second-order valence-corrected chi connectivity index (χ2v) is 5.11. The number of carbonyl (C=O) groups is 1. The SMILES string of the molecule is O=C(C=Cc1ccc(O)c(O)c1)O[C@]1(O)CCCC[C@@H]1O. The maximum absolute atomic E-state index is 11.7. The van der Waals surface area contributed by atoms with Gasteiger partial charge in [0.1, 0.15) is 6.10 Å². The Morgan fingerprint density at radius 2 is 2.05 bits per heavy atom. The van der Waals surface area contributed by atoms with Crippen molar-refractivity contribution in [2.45, 2.75) is 37.6 Å². The van der Waals surface area contributed by atoms with Crippen molar-refractivity contribution >= 4 is 12.0 Å². The summed E-state index contributed by atoms with van der Waals surface area (Å²) < 4.78 is 4.93. The number of phenols is 2. The molecule has 1 fully saturated rings. The Morgan fingerprint density at radius 1 is 1.29 bits per heavy atom. The monoisotopic (exact) mass is 294 g/mol. The Morgan fingerprint density at radius 3 is 2.71 bits per heavy atom. The van der Waals surface area contributed by atoms with E-state index in [-0.39, 0.29) is 17.9 Å². The molecule has 1 aliphatic rings. The third-order valence-corrected chi connectivity index (χ3v) is 3.47. The number of benzene rings is 1. The van der Waals surface area contributed by atoms with Crippen LogP contribution in [0.1, 0.15) is 31.2 Å². The molecular weight excluding hydrogens is 276 g/mol. The van der Waals surface area contributed by atoms with E-state index in [0.29, 0.717) is 18.4 Å². The molecule has 114 valence electrons. The first-order chi connectivity index (χ1) is 9.90. The summed E-state index contributed by atoms with van der Waals surface area (Å²) in [5, 5.41) is 38.3. The summed E-state index contributed by atoms with van der Waals surface area (Å²) in [5.41, 5.74) is 0.485. The van der Waals surface area contributed by atoms with Gasteiger partial charge in [0, 0.05) is 12.5 Å². The third kappa shape index (κ3) is 3.74. The summed E-state index contributed by atoms with van der Waals surface area (Å²) in [4.78, 5) is 11.7. The highest BCUT2D eigenvalue weighted by Gasteiger charge is 2.41. The van der Waals surface area contributed by atoms with Gasteiger partial charge in [-0.1, -0.05) is 12.5 Å². The molecule has 0 saturated heterocycles. The average Bonchev–Trinajstić information content (AvgIpc) is 2.44. The van der Waals surface area contributed by atoms with Gasteiger partial charge in [-0.15, -0.1) is 0 Å². The maximum atomic E-state index is 11.7. The number of ether oxygens (including phenoxy) is 1. The lowest BCUT2D eigenvalue weighted by molar-refractivity contribution is -0.255. The van der Waals surface area contributed by atoms with Gasteiger partial charge in [-0.2, -0.15) is 0 Å². The Hall–Kier alpha value is -2.05. The van der Waals surface area contributed by atoms with Crippen molar-refractivity contribution in [2.24, 2.45) is 0 Å². The zero-order valence-electron chi connectivity index (χ0n) is 11.4. The van der Waals surface area contributed by atoms with E-state index in [2.05, 4.69) is 0 Å².